The molecule has 0 aromatic rings. The first kappa shape index (κ1) is 13.1. The van der Waals surface area contributed by atoms with E-state index in [0.29, 0.717) is 13.0 Å². The van der Waals surface area contributed by atoms with Gasteiger partial charge in [-0.3, -0.25) is 9.59 Å². The zero-order valence-electron chi connectivity index (χ0n) is 9.20. The maximum atomic E-state index is 11.6. The molecule has 0 fully saturated rings. The molecule has 0 N–H and O–H groups in total. The Balaban J connectivity index is 4.39. The van der Waals surface area contributed by atoms with E-state index in [1.807, 2.05) is 0 Å². The summed E-state index contributed by atoms with van der Waals surface area (Å²) >= 11 is 0. The second-order valence-corrected chi connectivity index (χ2v) is 2.99. The van der Waals surface area contributed by atoms with Gasteiger partial charge in [0.15, 0.2) is 5.78 Å². The van der Waals surface area contributed by atoms with Crippen LogP contribution in [0.25, 0.3) is 0 Å². The minimum atomic E-state index is -0.690. The molecule has 0 saturated carbocycles. The third-order valence-corrected chi connectivity index (χ3v) is 2.08. The van der Waals surface area contributed by atoms with E-state index in [1.165, 1.54) is 7.11 Å². The van der Waals surface area contributed by atoms with E-state index < -0.39 is 18.0 Å². The fourth-order valence-electron chi connectivity index (χ4n) is 1.13. The highest BCUT2D eigenvalue weighted by Gasteiger charge is 2.29. The summed E-state index contributed by atoms with van der Waals surface area (Å²) in [6, 6.07) is 0. The monoisotopic (exact) mass is 202 g/mol. The van der Waals surface area contributed by atoms with Gasteiger partial charge in [0.25, 0.3) is 0 Å². The summed E-state index contributed by atoms with van der Waals surface area (Å²) in [5.41, 5.74) is 0. The molecule has 0 aromatic heterocycles. The maximum Gasteiger partial charge on any atom is 0.316 e. The van der Waals surface area contributed by atoms with Crippen molar-refractivity contribution in [1.29, 1.82) is 0 Å². The van der Waals surface area contributed by atoms with Crippen molar-refractivity contribution in [2.45, 2.75) is 33.3 Å². The van der Waals surface area contributed by atoms with Crippen molar-refractivity contribution in [3.05, 3.63) is 0 Å². The van der Waals surface area contributed by atoms with Crippen LogP contribution in [-0.4, -0.2) is 31.6 Å². The van der Waals surface area contributed by atoms with Crippen molar-refractivity contribution in [2.24, 2.45) is 5.92 Å². The van der Waals surface area contributed by atoms with E-state index in [0.717, 1.165) is 0 Å². The van der Waals surface area contributed by atoms with Gasteiger partial charge >= 0.3 is 5.97 Å². The van der Waals surface area contributed by atoms with Crippen molar-refractivity contribution < 1.29 is 19.1 Å². The van der Waals surface area contributed by atoms with Crippen molar-refractivity contribution in [2.75, 3.05) is 13.7 Å². The quantitative estimate of drug-likeness (QED) is 0.479. The minimum absolute atomic E-state index is 0.214. The van der Waals surface area contributed by atoms with Crippen LogP contribution in [-0.2, 0) is 19.1 Å². The Morgan fingerprint density at radius 1 is 1.29 bits per heavy atom. The standard InChI is InChI=1S/C10H18O4/c1-5-8(10(12)14-6-2)9(11)7(3)13-4/h7-8H,5-6H2,1-4H3. The van der Waals surface area contributed by atoms with Gasteiger partial charge in [-0.2, -0.15) is 0 Å². The van der Waals surface area contributed by atoms with Crippen LogP contribution in [0.1, 0.15) is 27.2 Å². The minimum Gasteiger partial charge on any atom is -0.465 e. The molecule has 0 heterocycles. The average Bonchev–Trinajstić information content (AvgIpc) is 2.18. The molecular formula is C10H18O4. The molecule has 0 aliphatic rings. The van der Waals surface area contributed by atoms with Crippen LogP contribution in [0.5, 0.6) is 0 Å². The molecule has 2 unspecified atom stereocenters. The normalized spacial score (nSPS) is 14.6. The van der Waals surface area contributed by atoms with Gasteiger partial charge in [-0.05, 0) is 20.3 Å². The van der Waals surface area contributed by atoms with E-state index in [9.17, 15) is 9.59 Å². The van der Waals surface area contributed by atoms with Crippen LogP contribution in [0.4, 0.5) is 0 Å². The molecule has 2 atom stereocenters. The summed E-state index contributed by atoms with van der Waals surface area (Å²) in [6.45, 7) is 5.42. The molecule has 82 valence electrons. The van der Waals surface area contributed by atoms with Crippen LogP contribution in [0.3, 0.4) is 0 Å². The van der Waals surface area contributed by atoms with E-state index >= 15 is 0 Å². The Hall–Kier alpha value is -0.900. The third-order valence-electron chi connectivity index (χ3n) is 2.08. The number of methoxy groups -OCH3 is 1. The summed E-state index contributed by atoms with van der Waals surface area (Å²) in [5, 5.41) is 0. The van der Waals surface area contributed by atoms with Crippen molar-refractivity contribution in [3.63, 3.8) is 0 Å². The Morgan fingerprint density at radius 2 is 1.86 bits per heavy atom. The predicted molar refractivity (Wildman–Crippen MR) is 51.9 cm³/mol. The van der Waals surface area contributed by atoms with Gasteiger partial charge in [-0.1, -0.05) is 6.92 Å². The van der Waals surface area contributed by atoms with Crippen LogP contribution in [0, 0.1) is 5.92 Å². The molecule has 0 aliphatic heterocycles. The van der Waals surface area contributed by atoms with Gasteiger partial charge in [0.1, 0.15) is 12.0 Å². The number of hydrogen-bond acceptors (Lipinski definition) is 4. The van der Waals surface area contributed by atoms with Crippen LogP contribution in [0.2, 0.25) is 0 Å². The molecular weight excluding hydrogens is 184 g/mol. The summed E-state index contributed by atoms with van der Waals surface area (Å²) < 4.78 is 9.66. The molecule has 0 amide bonds. The molecule has 0 aliphatic carbocycles. The zero-order chi connectivity index (χ0) is 11.1. The second-order valence-electron chi connectivity index (χ2n) is 2.99. The van der Waals surface area contributed by atoms with Gasteiger partial charge in [0.05, 0.1) is 6.61 Å². The number of rotatable bonds is 6. The largest absolute Gasteiger partial charge is 0.465 e. The number of hydrogen-bond donors (Lipinski definition) is 0. The predicted octanol–water partition coefficient (Wildman–Crippen LogP) is 1.18. The molecule has 0 aromatic carbocycles. The van der Waals surface area contributed by atoms with Gasteiger partial charge < -0.3 is 9.47 Å². The summed E-state index contributed by atoms with van der Waals surface area (Å²) in [6.07, 6.45) is -0.102. The Labute approximate surface area is 84.6 Å². The Kier molecular flexibility index (Phi) is 6.12. The maximum absolute atomic E-state index is 11.6. The lowest BCUT2D eigenvalue weighted by Crippen LogP contribution is -2.33. The Morgan fingerprint density at radius 3 is 2.21 bits per heavy atom. The average molecular weight is 202 g/mol. The number of ketones is 1. The van der Waals surface area contributed by atoms with Crippen LogP contribution >= 0.6 is 0 Å². The first-order valence-electron chi connectivity index (χ1n) is 4.81. The van der Waals surface area contributed by atoms with Crippen molar-refractivity contribution >= 4 is 11.8 Å². The molecule has 0 bridgehead atoms. The molecule has 0 radical (unpaired) electrons. The topological polar surface area (TPSA) is 52.6 Å². The highest BCUT2D eigenvalue weighted by Crippen LogP contribution is 2.11. The first-order chi connectivity index (χ1) is 6.58. The lowest BCUT2D eigenvalue weighted by molar-refractivity contribution is -0.154. The molecule has 4 heteroatoms. The van der Waals surface area contributed by atoms with E-state index in [-0.39, 0.29) is 5.78 Å². The fourth-order valence-corrected chi connectivity index (χ4v) is 1.13. The SMILES string of the molecule is CCOC(=O)C(CC)C(=O)C(C)OC. The van der Waals surface area contributed by atoms with Gasteiger partial charge in [0.2, 0.25) is 0 Å². The molecule has 4 nitrogen and oxygen atoms in total. The molecule has 14 heavy (non-hydrogen) atoms. The summed E-state index contributed by atoms with van der Waals surface area (Å²) in [5.74, 6) is -1.36. The number of carbonyl (C=O) groups is 2. The third kappa shape index (κ3) is 3.46. The summed E-state index contributed by atoms with van der Waals surface area (Å²) in [7, 11) is 1.44. The number of esters is 1. The first-order valence-corrected chi connectivity index (χ1v) is 4.81. The van der Waals surface area contributed by atoms with E-state index in [2.05, 4.69) is 0 Å². The molecule has 0 rings (SSSR count). The highest BCUT2D eigenvalue weighted by molar-refractivity contribution is 6.01. The number of ether oxygens (including phenoxy) is 2. The van der Waals surface area contributed by atoms with Gasteiger partial charge in [-0.25, -0.2) is 0 Å². The van der Waals surface area contributed by atoms with Crippen LogP contribution in [0.15, 0.2) is 0 Å². The van der Waals surface area contributed by atoms with Gasteiger partial charge in [0, 0.05) is 7.11 Å². The summed E-state index contributed by atoms with van der Waals surface area (Å²) in [4.78, 5) is 22.9. The Bertz CT molecular complexity index is 200. The number of carbonyl (C=O) groups excluding carboxylic acids is 2. The van der Waals surface area contributed by atoms with Crippen molar-refractivity contribution in [3.8, 4) is 0 Å². The fraction of sp³-hybridized carbons (Fsp3) is 0.800. The van der Waals surface area contributed by atoms with Gasteiger partial charge in [-0.15, -0.1) is 0 Å². The van der Waals surface area contributed by atoms with Crippen LogP contribution < -0.4 is 0 Å². The van der Waals surface area contributed by atoms with E-state index in [4.69, 9.17) is 9.47 Å². The molecule has 0 saturated heterocycles. The number of Topliss-reactive ketones (excluding diaryl/α,β-unsaturated/α-hetero) is 1. The lowest BCUT2D eigenvalue weighted by Gasteiger charge is -2.15. The smallest absolute Gasteiger partial charge is 0.316 e. The highest BCUT2D eigenvalue weighted by atomic mass is 16.5. The zero-order valence-corrected chi connectivity index (χ0v) is 9.20. The molecule has 0 spiro atoms. The van der Waals surface area contributed by atoms with Crippen molar-refractivity contribution in [1.82, 2.24) is 0 Å². The van der Waals surface area contributed by atoms with E-state index in [1.54, 1.807) is 20.8 Å². The lowest BCUT2D eigenvalue weighted by atomic mass is 9.98. The second kappa shape index (κ2) is 6.54.